The van der Waals surface area contributed by atoms with Gasteiger partial charge in [-0.1, -0.05) is 12.1 Å². The lowest BCUT2D eigenvalue weighted by atomic mass is 10.1. The number of nitro groups is 1. The van der Waals surface area contributed by atoms with Gasteiger partial charge in [0.2, 0.25) is 10.0 Å². The lowest BCUT2D eigenvalue weighted by molar-refractivity contribution is -0.383. The van der Waals surface area contributed by atoms with E-state index in [4.69, 9.17) is 0 Å². The third-order valence-corrected chi connectivity index (χ3v) is 5.47. The van der Waals surface area contributed by atoms with Crippen molar-refractivity contribution in [3.63, 3.8) is 0 Å². The molecule has 0 spiro atoms. The van der Waals surface area contributed by atoms with Crippen LogP contribution in [-0.2, 0) is 10.0 Å². The Morgan fingerprint density at radius 2 is 1.88 bits per heavy atom. The van der Waals surface area contributed by atoms with Crippen molar-refractivity contribution >= 4 is 32.3 Å². The SMILES string of the molecule is Cc1cc(N2CCN(S(C)(=O)=O)CC2)c2cccc([N+](=O)[O-])c2n1. The van der Waals surface area contributed by atoms with Gasteiger partial charge in [-0.25, -0.2) is 13.4 Å². The summed E-state index contributed by atoms with van der Waals surface area (Å²) in [7, 11) is -3.20. The number of aromatic nitrogens is 1. The number of sulfonamides is 1. The van der Waals surface area contributed by atoms with E-state index in [1.54, 1.807) is 13.0 Å². The van der Waals surface area contributed by atoms with Crippen LogP contribution in [0.2, 0.25) is 0 Å². The molecule has 3 rings (SSSR count). The number of anilines is 1. The highest BCUT2D eigenvalue weighted by Crippen LogP contribution is 2.32. The maximum Gasteiger partial charge on any atom is 0.295 e. The number of aryl methyl sites for hydroxylation is 1. The number of nitrogens with zero attached hydrogens (tertiary/aromatic N) is 4. The highest BCUT2D eigenvalue weighted by molar-refractivity contribution is 7.88. The van der Waals surface area contributed by atoms with Crippen LogP contribution in [0.1, 0.15) is 5.69 Å². The van der Waals surface area contributed by atoms with Crippen molar-refractivity contribution in [2.24, 2.45) is 0 Å². The first-order valence-electron chi connectivity index (χ1n) is 7.52. The molecule has 0 unspecified atom stereocenters. The van der Waals surface area contributed by atoms with Gasteiger partial charge in [-0.05, 0) is 13.0 Å². The van der Waals surface area contributed by atoms with Gasteiger partial charge in [0.1, 0.15) is 0 Å². The molecule has 9 heteroatoms. The maximum absolute atomic E-state index is 11.6. The Hall–Kier alpha value is -2.26. The number of hydrogen-bond acceptors (Lipinski definition) is 6. The number of benzene rings is 1. The molecule has 8 nitrogen and oxygen atoms in total. The zero-order chi connectivity index (χ0) is 17.5. The van der Waals surface area contributed by atoms with Crippen LogP contribution < -0.4 is 4.90 Å². The van der Waals surface area contributed by atoms with Crippen molar-refractivity contribution in [2.45, 2.75) is 6.92 Å². The molecule has 24 heavy (non-hydrogen) atoms. The molecule has 1 aliphatic heterocycles. The first kappa shape index (κ1) is 16.6. The molecule has 0 amide bonds. The van der Waals surface area contributed by atoms with E-state index < -0.39 is 14.9 Å². The fraction of sp³-hybridized carbons (Fsp3) is 0.400. The molecule has 1 aliphatic rings. The van der Waals surface area contributed by atoms with E-state index in [2.05, 4.69) is 9.88 Å². The van der Waals surface area contributed by atoms with Crippen LogP contribution in [0.4, 0.5) is 11.4 Å². The highest BCUT2D eigenvalue weighted by Gasteiger charge is 2.25. The fourth-order valence-corrected chi connectivity index (χ4v) is 3.84. The molecular weight excluding hydrogens is 332 g/mol. The zero-order valence-corrected chi connectivity index (χ0v) is 14.3. The van der Waals surface area contributed by atoms with Crippen LogP contribution in [0, 0.1) is 17.0 Å². The minimum Gasteiger partial charge on any atom is -0.368 e. The lowest BCUT2D eigenvalue weighted by Crippen LogP contribution is -2.48. The van der Waals surface area contributed by atoms with Crippen molar-refractivity contribution in [1.82, 2.24) is 9.29 Å². The molecule has 1 fully saturated rings. The first-order chi connectivity index (χ1) is 11.3. The molecule has 0 bridgehead atoms. The van der Waals surface area contributed by atoms with Gasteiger partial charge in [-0.3, -0.25) is 10.1 Å². The second-order valence-corrected chi connectivity index (χ2v) is 7.84. The molecule has 1 saturated heterocycles. The monoisotopic (exact) mass is 350 g/mol. The van der Waals surface area contributed by atoms with E-state index in [-0.39, 0.29) is 5.69 Å². The third kappa shape index (κ3) is 3.04. The molecule has 2 heterocycles. The van der Waals surface area contributed by atoms with Crippen molar-refractivity contribution in [3.8, 4) is 0 Å². The Bertz CT molecular complexity index is 905. The number of fused-ring (bicyclic) bond motifs is 1. The van der Waals surface area contributed by atoms with E-state index >= 15 is 0 Å². The Balaban J connectivity index is 2.02. The van der Waals surface area contributed by atoms with Gasteiger partial charge in [-0.2, -0.15) is 4.31 Å². The average molecular weight is 350 g/mol. The summed E-state index contributed by atoms with van der Waals surface area (Å²) in [4.78, 5) is 17.2. The number of para-hydroxylation sites is 1. The summed E-state index contributed by atoms with van der Waals surface area (Å²) in [6.07, 6.45) is 1.21. The molecule has 128 valence electrons. The Labute approximate surface area is 139 Å². The Morgan fingerprint density at radius 3 is 2.46 bits per heavy atom. The van der Waals surface area contributed by atoms with Crippen LogP contribution in [0.25, 0.3) is 10.9 Å². The van der Waals surface area contributed by atoms with Gasteiger partial charge in [0.15, 0.2) is 5.52 Å². The van der Waals surface area contributed by atoms with Gasteiger partial charge in [0, 0.05) is 49.0 Å². The molecule has 1 aromatic heterocycles. The van der Waals surface area contributed by atoms with Crippen LogP contribution >= 0.6 is 0 Å². The summed E-state index contributed by atoms with van der Waals surface area (Å²) >= 11 is 0. The lowest BCUT2D eigenvalue weighted by Gasteiger charge is -2.35. The molecule has 0 radical (unpaired) electrons. The smallest absolute Gasteiger partial charge is 0.295 e. The predicted octanol–water partition coefficient (Wildman–Crippen LogP) is 1.53. The van der Waals surface area contributed by atoms with E-state index in [9.17, 15) is 18.5 Å². The molecule has 2 aromatic rings. The van der Waals surface area contributed by atoms with Crippen molar-refractivity contribution in [1.29, 1.82) is 0 Å². The summed E-state index contributed by atoms with van der Waals surface area (Å²) < 4.78 is 24.7. The predicted molar refractivity (Wildman–Crippen MR) is 91.8 cm³/mol. The molecule has 0 N–H and O–H groups in total. The normalized spacial score (nSPS) is 16.5. The number of nitro benzene ring substituents is 1. The third-order valence-electron chi connectivity index (χ3n) is 4.17. The summed E-state index contributed by atoms with van der Waals surface area (Å²) in [5.74, 6) is 0. The number of pyridine rings is 1. The van der Waals surface area contributed by atoms with Crippen LogP contribution in [0.3, 0.4) is 0 Å². The van der Waals surface area contributed by atoms with Crippen LogP contribution in [0.5, 0.6) is 0 Å². The molecule has 0 atom stereocenters. The topological polar surface area (TPSA) is 96.7 Å². The second kappa shape index (κ2) is 5.99. The van der Waals surface area contributed by atoms with Gasteiger partial charge in [0.25, 0.3) is 5.69 Å². The van der Waals surface area contributed by atoms with Gasteiger partial charge >= 0.3 is 0 Å². The van der Waals surface area contributed by atoms with Crippen molar-refractivity contribution < 1.29 is 13.3 Å². The second-order valence-electron chi connectivity index (χ2n) is 5.86. The highest BCUT2D eigenvalue weighted by atomic mass is 32.2. The number of rotatable bonds is 3. The average Bonchev–Trinajstić information content (AvgIpc) is 2.52. The first-order valence-corrected chi connectivity index (χ1v) is 9.37. The quantitative estimate of drug-likeness (QED) is 0.615. The van der Waals surface area contributed by atoms with Crippen molar-refractivity contribution in [3.05, 3.63) is 40.1 Å². The summed E-state index contributed by atoms with van der Waals surface area (Å²) in [6, 6.07) is 6.79. The van der Waals surface area contributed by atoms with E-state index in [0.29, 0.717) is 42.8 Å². The summed E-state index contributed by atoms with van der Waals surface area (Å²) in [6.45, 7) is 3.67. The van der Waals surface area contributed by atoms with E-state index in [0.717, 1.165) is 5.69 Å². The molecule has 1 aromatic carbocycles. The van der Waals surface area contributed by atoms with Crippen LogP contribution in [-0.4, -0.2) is 55.1 Å². The number of non-ortho nitro benzene ring substituents is 1. The van der Waals surface area contributed by atoms with Crippen molar-refractivity contribution in [2.75, 3.05) is 37.3 Å². The summed E-state index contributed by atoms with van der Waals surface area (Å²) in [5, 5.41) is 12.0. The Kier molecular flexibility index (Phi) is 4.14. The zero-order valence-electron chi connectivity index (χ0n) is 13.5. The molecule has 0 saturated carbocycles. The minimum absolute atomic E-state index is 0.0211. The Morgan fingerprint density at radius 1 is 1.21 bits per heavy atom. The largest absolute Gasteiger partial charge is 0.368 e. The molecule has 0 aliphatic carbocycles. The number of hydrogen-bond donors (Lipinski definition) is 0. The van der Waals surface area contributed by atoms with Gasteiger partial charge in [0.05, 0.1) is 11.2 Å². The van der Waals surface area contributed by atoms with Crippen LogP contribution in [0.15, 0.2) is 24.3 Å². The standard InChI is InChI=1S/C15H18N4O4S/c1-11-10-14(17-6-8-18(9-7-17)24(2,22)23)12-4-3-5-13(19(20)21)15(12)16-11/h3-5,10H,6-9H2,1-2H3. The van der Waals surface area contributed by atoms with Gasteiger partial charge in [-0.15, -0.1) is 0 Å². The fourth-order valence-electron chi connectivity index (χ4n) is 3.01. The number of piperazine rings is 1. The van der Waals surface area contributed by atoms with E-state index in [1.807, 2.05) is 12.1 Å². The summed E-state index contributed by atoms with van der Waals surface area (Å²) in [5.41, 5.74) is 1.89. The van der Waals surface area contributed by atoms with E-state index in [1.165, 1.54) is 16.6 Å². The molecular formula is C15H18N4O4S. The maximum atomic E-state index is 11.6. The van der Waals surface area contributed by atoms with Gasteiger partial charge < -0.3 is 4.90 Å². The minimum atomic E-state index is -3.20.